The lowest BCUT2D eigenvalue weighted by molar-refractivity contribution is -0.145. The van der Waals surface area contributed by atoms with Crippen molar-refractivity contribution in [3.63, 3.8) is 0 Å². The number of benzene rings is 2. The first kappa shape index (κ1) is 26.8. The molecule has 0 spiro atoms. The molecule has 1 atom stereocenters. The summed E-state index contributed by atoms with van der Waals surface area (Å²) in [6, 6.07) is 12.2. The van der Waals surface area contributed by atoms with Gasteiger partial charge in [-0.2, -0.15) is 0 Å². The van der Waals surface area contributed by atoms with Crippen molar-refractivity contribution in [3.8, 4) is 0 Å². The Balaban J connectivity index is 2.08. The number of unbranched alkanes of at least 4 members (excludes halogenated alkanes) is 1. The summed E-state index contributed by atoms with van der Waals surface area (Å²) in [4.78, 5) is 24.9. The minimum atomic E-state index is -3.63. The first-order chi connectivity index (χ1) is 16.1. The number of guanidine groups is 1. The zero-order chi connectivity index (χ0) is 25.1. The van der Waals surface area contributed by atoms with Gasteiger partial charge in [0, 0.05) is 16.9 Å². The molecule has 0 fully saturated rings. The molecule has 2 aromatic carbocycles. The van der Waals surface area contributed by atoms with Crippen molar-refractivity contribution in [2.75, 3.05) is 23.0 Å². The summed E-state index contributed by atoms with van der Waals surface area (Å²) in [5.74, 6) is -1.29. The summed E-state index contributed by atoms with van der Waals surface area (Å²) in [6.07, 6.45) is 1.32. The highest BCUT2D eigenvalue weighted by Gasteiger charge is 2.25. The lowest BCUT2D eigenvalue weighted by Gasteiger charge is -2.18. The fourth-order valence-corrected chi connectivity index (χ4v) is 4.48. The molecular weight excluding hydrogens is 458 g/mol. The summed E-state index contributed by atoms with van der Waals surface area (Å²) in [5, 5.41) is 12.7. The summed E-state index contributed by atoms with van der Waals surface area (Å²) in [7, 11) is -3.63. The van der Waals surface area contributed by atoms with Crippen molar-refractivity contribution < 1.29 is 22.7 Å². The quantitative estimate of drug-likeness (QED) is 0.174. The number of anilines is 2. The van der Waals surface area contributed by atoms with E-state index < -0.39 is 22.0 Å². The molecule has 0 aliphatic rings. The molecule has 0 saturated carbocycles. The Bertz CT molecular complexity index is 1100. The van der Waals surface area contributed by atoms with Crippen LogP contribution in [0.2, 0.25) is 0 Å². The number of sulfonamides is 1. The van der Waals surface area contributed by atoms with Crippen LogP contribution < -0.4 is 21.1 Å². The highest BCUT2D eigenvalue weighted by Crippen LogP contribution is 2.16. The molecule has 2 aromatic rings. The van der Waals surface area contributed by atoms with Crippen LogP contribution in [0.1, 0.15) is 42.6 Å². The molecule has 0 saturated heterocycles. The van der Waals surface area contributed by atoms with Crippen LogP contribution in [0.3, 0.4) is 0 Å². The second-order valence-corrected chi connectivity index (χ2v) is 9.44. The molecule has 0 heterocycles. The minimum absolute atomic E-state index is 0.0620. The Morgan fingerprint density at radius 2 is 1.76 bits per heavy atom. The van der Waals surface area contributed by atoms with Crippen molar-refractivity contribution in [2.24, 2.45) is 5.73 Å². The molecule has 0 aliphatic heterocycles. The SMILES string of the molecule is CCCCS(=O)(=O)NC(Cc1ccc(NC(=O)c2cccc(NC(=N)N)c2)cc1)C(=O)OCC. The molecule has 34 heavy (non-hydrogen) atoms. The van der Waals surface area contributed by atoms with Crippen molar-refractivity contribution in [1.29, 1.82) is 5.41 Å². The van der Waals surface area contributed by atoms with Gasteiger partial charge in [-0.15, -0.1) is 0 Å². The van der Waals surface area contributed by atoms with Crippen LogP contribution in [0.25, 0.3) is 0 Å². The Labute approximate surface area is 199 Å². The molecule has 10 nitrogen and oxygen atoms in total. The van der Waals surface area contributed by atoms with E-state index in [1.54, 1.807) is 55.5 Å². The summed E-state index contributed by atoms with van der Waals surface area (Å²) >= 11 is 0. The normalized spacial score (nSPS) is 11.9. The lowest BCUT2D eigenvalue weighted by Crippen LogP contribution is -2.44. The second-order valence-electron chi connectivity index (χ2n) is 7.57. The number of carbonyl (C=O) groups excluding carboxylic acids is 2. The minimum Gasteiger partial charge on any atom is -0.465 e. The summed E-state index contributed by atoms with van der Waals surface area (Å²) < 4.78 is 32.1. The highest BCUT2D eigenvalue weighted by molar-refractivity contribution is 7.89. The van der Waals surface area contributed by atoms with E-state index in [1.165, 1.54) is 0 Å². The van der Waals surface area contributed by atoms with Crippen molar-refractivity contribution >= 4 is 39.2 Å². The van der Waals surface area contributed by atoms with Crippen LogP contribution in [0.4, 0.5) is 11.4 Å². The summed E-state index contributed by atoms with van der Waals surface area (Å²) in [6.45, 7) is 3.68. The molecule has 6 N–H and O–H groups in total. The average Bonchev–Trinajstić information content (AvgIpc) is 2.78. The van der Waals surface area contributed by atoms with Crippen LogP contribution in [0.15, 0.2) is 48.5 Å². The summed E-state index contributed by atoms with van der Waals surface area (Å²) in [5.41, 5.74) is 7.43. The first-order valence-corrected chi connectivity index (χ1v) is 12.6. The Morgan fingerprint density at radius 3 is 2.38 bits per heavy atom. The van der Waals surface area contributed by atoms with E-state index in [0.29, 0.717) is 28.9 Å². The van der Waals surface area contributed by atoms with E-state index in [0.717, 1.165) is 6.42 Å². The van der Waals surface area contributed by atoms with Crippen molar-refractivity contribution in [1.82, 2.24) is 4.72 Å². The monoisotopic (exact) mass is 489 g/mol. The van der Waals surface area contributed by atoms with Gasteiger partial charge in [-0.05, 0) is 55.7 Å². The predicted molar refractivity (Wildman–Crippen MR) is 132 cm³/mol. The number of nitrogens with two attached hydrogens (primary N) is 1. The number of amides is 1. The molecule has 1 unspecified atom stereocenters. The molecule has 0 aromatic heterocycles. The van der Waals surface area contributed by atoms with Crippen LogP contribution in [0.5, 0.6) is 0 Å². The largest absolute Gasteiger partial charge is 0.465 e. The van der Waals surface area contributed by atoms with Gasteiger partial charge in [-0.3, -0.25) is 15.0 Å². The number of rotatable bonds is 12. The van der Waals surface area contributed by atoms with Gasteiger partial charge in [-0.1, -0.05) is 31.5 Å². The van der Waals surface area contributed by atoms with Gasteiger partial charge >= 0.3 is 5.97 Å². The maximum absolute atomic E-state index is 12.6. The zero-order valence-electron chi connectivity index (χ0n) is 19.3. The molecule has 184 valence electrons. The fourth-order valence-electron chi connectivity index (χ4n) is 3.08. The molecule has 1 amide bonds. The maximum atomic E-state index is 12.6. The zero-order valence-corrected chi connectivity index (χ0v) is 20.1. The van der Waals surface area contributed by atoms with Gasteiger partial charge in [0.2, 0.25) is 10.0 Å². The van der Waals surface area contributed by atoms with E-state index in [2.05, 4.69) is 15.4 Å². The van der Waals surface area contributed by atoms with Crippen LogP contribution in [-0.2, 0) is 26.0 Å². The maximum Gasteiger partial charge on any atom is 0.324 e. The van der Waals surface area contributed by atoms with E-state index in [4.69, 9.17) is 15.9 Å². The molecule has 2 rings (SSSR count). The van der Waals surface area contributed by atoms with Gasteiger partial charge in [0.1, 0.15) is 6.04 Å². The second kappa shape index (κ2) is 12.7. The Morgan fingerprint density at radius 1 is 1.06 bits per heavy atom. The first-order valence-electron chi connectivity index (χ1n) is 10.9. The van der Waals surface area contributed by atoms with Gasteiger partial charge < -0.3 is 21.1 Å². The third-order valence-electron chi connectivity index (χ3n) is 4.71. The Kier molecular flexibility index (Phi) is 10.0. The van der Waals surface area contributed by atoms with E-state index in [-0.39, 0.29) is 30.6 Å². The number of hydrogen-bond acceptors (Lipinski definition) is 6. The van der Waals surface area contributed by atoms with Gasteiger partial charge in [0.05, 0.1) is 12.4 Å². The predicted octanol–water partition coefficient (Wildman–Crippen LogP) is 2.44. The Hall–Kier alpha value is -3.44. The number of hydrogen-bond donors (Lipinski definition) is 5. The molecular formula is C23H31N5O5S. The number of nitrogens with one attached hydrogen (secondary N) is 4. The topological polar surface area (TPSA) is 163 Å². The number of esters is 1. The molecule has 11 heteroatoms. The third-order valence-corrected chi connectivity index (χ3v) is 6.18. The van der Waals surface area contributed by atoms with Crippen molar-refractivity contribution in [2.45, 2.75) is 39.2 Å². The van der Waals surface area contributed by atoms with Gasteiger partial charge in [0.25, 0.3) is 5.91 Å². The van der Waals surface area contributed by atoms with E-state index in [9.17, 15) is 18.0 Å². The highest BCUT2D eigenvalue weighted by atomic mass is 32.2. The number of carbonyl (C=O) groups is 2. The van der Waals surface area contributed by atoms with E-state index >= 15 is 0 Å². The van der Waals surface area contributed by atoms with Crippen LogP contribution in [-0.4, -0.2) is 44.7 Å². The fraction of sp³-hybridized carbons (Fsp3) is 0.348. The molecule has 0 bridgehead atoms. The van der Waals surface area contributed by atoms with Gasteiger partial charge in [-0.25, -0.2) is 13.1 Å². The third kappa shape index (κ3) is 8.83. The average molecular weight is 490 g/mol. The molecule has 0 radical (unpaired) electrons. The van der Waals surface area contributed by atoms with Crippen LogP contribution in [0, 0.1) is 5.41 Å². The lowest BCUT2D eigenvalue weighted by atomic mass is 10.1. The number of ether oxygens (including phenoxy) is 1. The standard InChI is InChI=1S/C23H31N5O5S/c1-3-5-13-34(31,32)28-20(22(30)33-4-2)14-16-9-11-18(12-10-16)26-21(29)17-7-6-8-19(15-17)27-23(24)25/h6-12,15,20,28H,3-5,13-14H2,1-2H3,(H,26,29)(H4,24,25,27). The van der Waals surface area contributed by atoms with Gasteiger partial charge in [0.15, 0.2) is 5.96 Å². The van der Waals surface area contributed by atoms with E-state index in [1.807, 2.05) is 6.92 Å². The van der Waals surface area contributed by atoms with Crippen LogP contribution >= 0.6 is 0 Å². The van der Waals surface area contributed by atoms with Crippen molar-refractivity contribution in [3.05, 3.63) is 59.7 Å². The smallest absolute Gasteiger partial charge is 0.324 e. The molecule has 0 aliphatic carbocycles.